The van der Waals surface area contributed by atoms with Crippen molar-refractivity contribution in [2.24, 2.45) is 0 Å². The molecule has 0 rings (SSSR count). The van der Waals surface area contributed by atoms with Gasteiger partial charge in [0.2, 0.25) is 0 Å². The first kappa shape index (κ1) is 7.65. The molecule has 2 nitrogen and oxygen atoms in total. The molecule has 4 heteroatoms. The number of allylic oxidation sites excluding steroid dienone is 1. The fourth-order valence-corrected chi connectivity index (χ4v) is 0.320. The summed E-state index contributed by atoms with van der Waals surface area (Å²) >= 11 is -0.225. The first-order valence-electron chi connectivity index (χ1n) is 1.88. The van der Waals surface area contributed by atoms with Crippen molar-refractivity contribution in [2.75, 3.05) is 0 Å². The fourth-order valence-electron chi connectivity index (χ4n) is 0.170. The summed E-state index contributed by atoms with van der Waals surface area (Å²) < 4.78 is 11.2. The fraction of sp³-hybridized carbons (Fsp3) is 0.250. The molecule has 1 unspecified atom stereocenters. The normalized spacial score (nSPS) is 14.2. The predicted molar refractivity (Wildman–Crippen MR) is 29.9 cm³/mol. The van der Waals surface area contributed by atoms with Crippen LogP contribution in [-0.4, -0.2) is 16.8 Å². The molecule has 0 amide bonds. The lowest BCUT2D eigenvalue weighted by Crippen LogP contribution is -1.90. The zero-order valence-corrected chi connectivity index (χ0v) is 4.77. The monoisotopic (exact) mass is 136 g/mol. The number of aliphatic hydroxyl groups excluding tert-OH is 1. The van der Waals surface area contributed by atoms with Crippen molar-refractivity contribution >= 4 is 18.4 Å². The van der Waals surface area contributed by atoms with E-state index in [-0.39, 0.29) is 12.1 Å². The summed E-state index contributed by atoms with van der Waals surface area (Å²) in [7, 11) is 0. The van der Waals surface area contributed by atoms with Crippen LogP contribution in [0.25, 0.3) is 0 Å². The van der Waals surface area contributed by atoms with Gasteiger partial charge in [-0.3, -0.25) is 4.79 Å². The zero-order valence-electron chi connectivity index (χ0n) is 3.95. The maximum absolute atomic E-state index is 11.2. The maximum atomic E-state index is 11.2. The van der Waals surface area contributed by atoms with Gasteiger partial charge in [-0.05, 0) is 12.2 Å². The minimum absolute atomic E-state index is 0.225. The average Bonchev–Trinajstić information content (AvgIpc) is 1.83. The topological polar surface area (TPSA) is 37.3 Å². The van der Waals surface area contributed by atoms with Crippen molar-refractivity contribution in [3.8, 4) is 0 Å². The molecule has 0 aromatic carbocycles. The maximum Gasteiger partial charge on any atom is 0.149 e. The predicted octanol–water partition coefficient (Wildman–Crippen LogP) is 0.678. The third-order valence-corrected chi connectivity index (χ3v) is 0.785. The molecule has 1 N–H and O–H groups in total. The third kappa shape index (κ3) is 3.83. The Bertz CT molecular complexity index is 94.0. The number of aliphatic hydroxyl groups is 1. The highest BCUT2D eigenvalue weighted by Gasteiger charge is 1.94. The number of aldehydes is 1. The second kappa shape index (κ2) is 4.80. The second-order valence-electron chi connectivity index (χ2n) is 1.00. The van der Waals surface area contributed by atoms with Gasteiger partial charge in [-0.15, -0.1) is 0 Å². The molecule has 46 valence electrons. The highest BCUT2D eigenvalue weighted by Crippen LogP contribution is 2.08. The molecule has 0 spiro atoms. The van der Waals surface area contributed by atoms with Gasteiger partial charge in [0, 0.05) is 0 Å². The van der Waals surface area contributed by atoms with E-state index in [9.17, 15) is 8.68 Å². The van der Waals surface area contributed by atoms with Crippen molar-refractivity contribution in [1.82, 2.24) is 0 Å². The van der Waals surface area contributed by atoms with Crippen molar-refractivity contribution in [1.29, 1.82) is 0 Å². The first-order chi connectivity index (χ1) is 3.81. The first-order valence-corrected chi connectivity index (χ1v) is 2.66. The van der Waals surface area contributed by atoms with Gasteiger partial charge in [-0.1, -0.05) is 0 Å². The van der Waals surface area contributed by atoms with E-state index >= 15 is 0 Å². The van der Waals surface area contributed by atoms with E-state index in [1.54, 1.807) is 0 Å². The highest BCUT2D eigenvalue weighted by atomic mass is 32.2. The van der Waals surface area contributed by atoms with Crippen LogP contribution in [-0.2, 0) is 4.79 Å². The Hall–Kier alpha value is -0.350. The summed E-state index contributed by atoms with van der Waals surface area (Å²) in [5, 5.41) is 8.33. The molecule has 8 heavy (non-hydrogen) atoms. The molecular formula is C4H5FO2S. The summed E-state index contributed by atoms with van der Waals surface area (Å²) in [5.74, 6) is 0. The van der Waals surface area contributed by atoms with Crippen LogP contribution in [0.15, 0.2) is 12.2 Å². The Morgan fingerprint density at radius 1 is 1.75 bits per heavy atom. The molecule has 0 aliphatic heterocycles. The van der Waals surface area contributed by atoms with Crippen molar-refractivity contribution in [3.63, 3.8) is 0 Å². The highest BCUT2D eigenvalue weighted by molar-refractivity contribution is 7.94. The van der Waals surface area contributed by atoms with E-state index < -0.39 is 5.44 Å². The Morgan fingerprint density at radius 3 is 2.75 bits per heavy atom. The van der Waals surface area contributed by atoms with Crippen LogP contribution in [0.4, 0.5) is 3.89 Å². The zero-order chi connectivity index (χ0) is 6.41. The molecule has 0 bridgehead atoms. The summed E-state index contributed by atoms with van der Waals surface area (Å²) in [5.41, 5.74) is -1.21. The molecule has 0 saturated heterocycles. The molecular weight excluding hydrogens is 131 g/mol. The molecule has 0 radical (unpaired) electrons. The van der Waals surface area contributed by atoms with E-state index in [4.69, 9.17) is 5.11 Å². The van der Waals surface area contributed by atoms with Gasteiger partial charge in [0.05, 0.1) is 12.1 Å². The minimum Gasteiger partial charge on any atom is -0.376 e. The second-order valence-corrected chi connectivity index (χ2v) is 1.66. The number of carbonyl (C=O) groups is 1. The van der Waals surface area contributed by atoms with E-state index in [0.29, 0.717) is 6.29 Å². The van der Waals surface area contributed by atoms with Gasteiger partial charge in [-0.2, -0.15) is 3.89 Å². The van der Waals surface area contributed by atoms with Crippen LogP contribution in [0.1, 0.15) is 0 Å². The average molecular weight is 136 g/mol. The lowest BCUT2D eigenvalue weighted by Gasteiger charge is -1.90. The van der Waals surface area contributed by atoms with E-state index in [1.807, 2.05) is 0 Å². The lowest BCUT2D eigenvalue weighted by molar-refractivity contribution is -0.104. The van der Waals surface area contributed by atoms with Gasteiger partial charge in [-0.25, -0.2) is 0 Å². The number of hydrogen-bond acceptors (Lipinski definition) is 3. The quantitative estimate of drug-likeness (QED) is 0.352. The molecule has 1 atom stereocenters. The number of halogens is 1. The molecule has 0 heterocycles. The Labute approximate surface area is 50.7 Å². The van der Waals surface area contributed by atoms with Gasteiger partial charge >= 0.3 is 0 Å². The Kier molecular flexibility index (Phi) is 4.59. The van der Waals surface area contributed by atoms with Crippen LogP contribution in [0.2, 0.25) is 0 Å². The largest absolute Gasteiger partial charge is 0.376 e. The SMILES string of the molecule is O=C/C=C\C(O)SF. The molecule has 0 aromatic rings. The summed E-state index contributed by atoms with van der Waals surface area (Å²) in [6.07, 6.45) is 2.56. The number of rotatable bonds is 3. The number of hydrogen-bond donors (Lipinski definition) is 1. The smallest absolute Gasteiger partial charge is 0.149 e. The van der Waals surface area contributed by atoms with E-state index in [1.165, 1.54) is 0 Å². The van der Waals surface area contributed by atoms with Crippen molar-refractivity contribution < 1.29 is 13.8 Å². The molecule has 0 aromatic heterocycles. The van der Waals surface area contributed by atoms with E-state index in [0.717, 1.165) is 12.2 Å². The van der Waals surface area contributed by atoms with Gasteiger partial charge < -0.3 is 5.11 Å². The summed E-state index contributed by atoms with van der Waals surface area (Å²) in [6.45, 7) is 0. The van der Waals surface area contributed by atoms with Gasteiger partial charge in [0.15, 0.2) is 0 Å². The number of carbonyl (C=O) groups excluding carboxylic acids is 1. The molecule has 0 aliphatic carbocycles. The lowest BCUT2D eigenvalue weighted by atomic mass is 10.5. The van der Waals surface area contributed by atoms with E-state index in [2.05, 4.69) is 0 Å². The van der Waals surface area contributed by atoms with Gasteiger partial charge in [0.1, 0.15) is 11.7 Å². The Morgan fingerprint density at radius 2 is 2.38 bits per heavy atom. The Balaban J connectivity index is 3.35. The van der Waals surface area contributed by atoms with Crippen LogP contribution in [0, 0.1) is 0 Å². The van der Waals surface area contributed by atoms with Crippen LogP contribution < -0.4 is 0 Å². The molecule has 0 fully saturated rings. The minimum atomic E-state index is -1.21. The van der Waals surface area contributed by atoms with Crippen LogP contribution in [0.5, 0.6) is 0 Å². The molecule has 0 aliphatic rings. The third-order valence-electron chi connectivity index (χ3n) is 0.446. The van der Waals surface area contributed by atoms with Crippen molar-refractivity contribution in [3.05, 3.63) is 12.2 Å². The summed E-state index contributed by atoms with van der Waals surface area (Å²) in [4.78, 5) is 9.50. The standard InChI is InChI=1S/C4H5FO2S/c5-8-4(7)2-1-3-6/h1-4,7H/b2-1-. The molecule has 0 saturated carbocycles. The summed E-state index contributed by atoms with van der Waals surface area (Å²) in [6, 6.07) is 0. The van der Waals surface area contributed by atoms with Crippen molar-refractivity contribution in [2.45, 2.75) is 5.44 Å². The van der Waals surface area contributed by atoms with Gasteiger partial charge in [0.25, 0.3) is 0 Å². The van der Waals surface area contributed by atoms with Crippen LogP contribution in [0.3, 0.4) is 0 Å². The van der Waals surface area contributed by atoms with Crippen LogP contribution >= 0.6 is 12.1 Å².